The van der Waals surface area contributed by atoms with Crippen LogP contribution in [0, 0.1) is 0 Å². The van der Waals surface area contributed by atoms with Gasteiger partial charge in [-0.05, 0) is 19.1 Å². The van der Waals surface area contributed by atoms with Gasteiger partial charge >= 0.3 is 0 Å². The average Bonchev–Trinajstić information content (AvgIpc) is 2.79. The van der Waals surface area contributed by atoms with Gasteiger partial charge in [-0.1, -0.05) is 6.08 Å². The molecule has 1 aromatic rings. The van der Waals surface area contributed by atoms with E-state index < -0.39 is 11.9 Å². The minimum atomic E-state index is -0.613. The number of furan rings is 1. The van der Waals surface area contributed by atoms with Crippen LogP contribution in [0.1, 0.15) is 17.5 Å². The van der Waals surface area contributed by atoms with Crippen LogP contribution in [0.3, 0.4) is 0 Å². The van der Waals surface area contributed by atoms with Crippen molar-refractivity contribution in [3.63, 3.8) is 0 Å². The third-order valence-electron chi connectivity index (χ3n) is 1.91. The normalized spacial score (nSPS) is 11.6. The highest BCUT2D eigenvalue weighted by atomic mass is 16.3. The Morgan fingerprint density at radius 2 is 2.38 bits per heavy atom. The summed E-state index contributed by atoms with van der Waals surface area (Å²) in [7, 11) is 0. The Morgan fingerprint density at radius 3 is 2.94 bits per heavy atom. The molecule has 1 rings (SSSR count). The van der Waals surface area contributed by atoms with Gasteiger partial charge in [0.15, 0.2) is 5.76 Å². The first-order chi connectivity index (χ1) is 7.65. The molecule has 1 aromatic heterocycles. The summed E-state index contributed by atoms with van der Waals surface area (Å²) in [6.07, 6.45) is 2.97. The summed E-state index contributed by atoms with van der Waals surface area (Å²) in [6.45, 7) is 5.45. The summed E-state index contributed by atoms with van der Waals surface area (Å²) >= 11 is 0. The molecule has 1 heterocycles. The number of rotatable bonds is 5. The molecule has 2 amide bonds. The monoisotopic (exact) mass is 222 g/mol. The molecule has 0 bridgehead atoms. The van der Waals surface area contributed by atoms with Crippen LogP contribution in [0.4, 0.5) is 0 Å². The number of hydrogen-bond donors (Lipinski definition) is 2. The first-order valence-corrected chi connectivity index (χ1v) is 4.88. The fraction of sp³-hybridized carbons (Fsp3) is 0.273. The van der Waals surface area contributed by atoms with Gasteiger partial charge in [-0.25, -0.2) is 0 Å². The molecule has 0 spiro atoms. The second kappa shape index (κ2) is 5.75. The van der Waals surface area contributed by atoms with Gasteiger partial charge in [-0.15, -0.1) is 6.58 Å². The van der Waals surface area contributed by atoms with Gasteiger partial charge in [-0.3, -0.25) is 9.59 Å². The molecular weight excluding hydrogens is 208 g/mol. The van der Waals surface area contributed by atoms with Gasteiger partial charge in [0, 0.05) is 6.54 Å². The van der Waals surface area contributed by atoms with Gasteiger partial charge in [0.25, 0.3) is 5.91 Å². The lowest BCUT2D eigenvalue weighted by Gasteiger charge is -2.12. The quantitative estimate of drug-likeness (QED) is 0.720. The minimum Gasteiger partial charge on any atom is -0.459 e. The van der Waals surface area contributed by atoms with Crippen molar-refractivity contribution in [2.24, 2.45) is 0 Å². The lowest BCUT2D eigenvalue weighted by molar-refractivity contribution is -0.122. The van der Waals surface area contributed by atoms with Crippen LogP contribution in [0.15, 0.2) is 35.5 Å². The predicted molar refractivity (Wildman–Crippen MR) is 58.8 cm³/mol. The Labute approximate surface area is 93.5 Å². The van der Waals surface area contributed by atoms with Gasteiger partial charge in [0.2, 0.25) is 5.91 Å². The van der Waals surface area contributed by atoms with Crippen LogP contribution in [-0.2, 0) is 4.79 Å². The topological polar surface area (TPSA) is 71.3 Å². The zero-order valence-electron chi connectivity index (χ0n) is 9.03. The maximum Gasteiger partial charge on any atom is 0.287 e. The van der Waals surface area contributed by atoms with Crippen LogP contribution in [0.25, 0.3) is 0 Å². The van der Waals surface area contributed by atoms with Crippen LogP contribution >= 0.6 is 0 Å². The van der Waals surface area contributed by atoms with Crippen molar-refractivity contribution < 1.29 is 14.0 Å². The van der Waals surface area contributed by atoms with E-state index in [1.165, 1.54) is 12.3 Å². The second-order valence-electron chi connectivity index (χ2n) is 3.21. The van der Waals surface area contributed by atoms with E-state index in [4.69, 9.17) is 4.42 Å². The van der Waals surface area contributed by atoms with Crippen molar-refractivity contribution in [1.82, 2.24) is 10.6 Å². The Balaban J connectivity index is 2.45. The Bertz CT molecular complexity index is 371. The molecule has 5 nitrogen and oxygen atoms in total. The van der Waals surface area contributed by atoms with Crippen LogP contribution in [-0.4, -0.2) is 24.4 Å². The van der Waals surface area contributed by atoms with Crippen molar-refractivity contribution in [1.29, 1.82) is 0 Å². The number of carbonyl (C=O) groups is 2. The summed E-state index contributed by atoms with van der Waals surface area (Å²) in [5.74, 6) is -0.491. The molecule has 5 heteroatoms. The maximum absolute atomic E-state index is 11.5. The molecule has 86 valence electrons. The van der Waals surface area contributed by atoms with Gasteiger partial charge in [-0.2, -0.15) is 0 Å². The molecule has 2 N–H and O–H groups in total. The molecule has 0 saturated carbocycles. The number of carbonyl (C=O) groups excluding carboxylic acids is 2. The molecule has 0 unspecified atom stereocenters. The third kappa shape index (κ3) is 3.27. The van der Waals surface area contributed by atoms with Crippen LogP contribution in [0.5, 0.6) is 0 Å². The third-order valence-corrected chi connectivity index (χ3v) is 1.91. The van der Waals surface area contributed by atoms with Crippen LogP contribution < -0.4 is 10.6 Å². The molecular formula is C11H14N2O3. The molecule has 0 aliphatic heterocycles. The molecule has 0 aliphatic rings. The minimum absolute atomic E-state index is 0.184. The number of nitrogens with one attached hydrogen (secondary N) is 2. The molecule has 0 radical (unpaired) electrons. The Morgan fingerprint density at radius 1 is 1.62 bits per heavy atom. The standard InChI is InChI=1S/C11H14N2O3/c1-3-6-12-10(14)8(2)13-11(15)9-5-4-7-16-9/h3-5,7-8H,1,6H2,2H3,(H,12,14)(H,13,15)/t8-/m1/s1. The van der Waals surface area contributed by atoms with Crippen molar-refractivity contribution in [3.05, 3.63) is 36.8 Å². The summed E-state index contributed by atoms with van der Waals surface area (Å²) in [4.78, 5) is 22.9. The molecule has 16 heavy (non-hydrogen) atoms. The summed E-state index contributed by atoms with van der Waals surface area (Å²) in [5.41, 5.74) is 0. The second-order valence-corrected chi connectivity index (χ2v) is 3.21. The molecule has 0 aliphatic carbocycles. The van der Waals surface area contributed by atoms with E-state index in [0.29, 0.717) is 6.54 Å². The van der Waals surface area contributed by atoms with Crippen LogP contribution in [0.2, 0.25) is 0 Å². The Hall–Kier alpha value is -2.04. The van der Waals surface area contributed by atoms with Gasteiger partial charge < -0.3 is 15.1 Å². The molecule has 1 atom stereocenters. The number of hydrogen-bond acceptors (Lipinski definition) is 3. The largest absolute Gasteiger partial charge is 0.459 e. The highest BCUT2D eigenvalue weighted by Gasteiger charge is 2.16. The fourth-order valence-corrected chi connectivity index (χ4v) is 1.07. The smallest absolute Gasteiger partial charge is 0.287 e. The van der Waals surface area contributed by atoms with E-state index in [1.807, 2.05) is 0 Å². The predicted octanol–water partition coefficient (Wildman–Crippen LogP) is 0.700. The first kappa shape index (κ1) is 12.0. The maximum atomic E-state index is 11.5. The first-order valence-electron chi connectivity index (χ1n) is 4.88. The fourth-order valence-electron chi connectivity index (χ4n) is 1.07. The van der Waals surface area contributed by atoms with E-state index in [1.54, 1.807) is 19.1 Å². The lowest BCUT2D eigenvalue weighted by atomic mass is 10.3. The Kier molecular flexibility index (Phi) is 4.32. The SMILES string of the molecule is C=CCNC(=O)[C@@H](C)NC(=O)c1ccco1. The van der Waals surface area contributed by atoms with Gasteiger partial charge in [0.05, 0.1) is 6.26 Å². The zero-order valence-corrected chi connectivity index (χ0v) is 9.03. The van der Waals surface area contributed by atoms with E-state index in [-0.39, 0.29) is 11.7 Å². The van der Waals surface area contributed by atoms with Crippen molar-refractivity contribution >= 4 is 11.8 Å². The van der Waals surface area contributed by atoms with Crippen molar-refractivity contribution in [2.75, 3.05) is 6.54 Å². The van der Waals surface area contributed by atoms with Crippen molar-refractivity contribution in [3.8, 4) is 0 Å². The number of amides is 2. The van der Waals surface area contributed by atoms with E-state index in [2.05, 4.69) is 17.2 Å². The molecule has 0 aromatic carbocycles. The summed E-state index contributed by atoms with van der Waals surface area (Å²) < 4.78 is 4.90. The van der Waals surface area contributed by atoms with Crippen molar-refractivity contribution in [2.45, 2.75) is 13.0 Å². The molecule has 0 saturated heterocycles. The summed E-state index contributed by atoms with van der Waals surface area (Å²) in [6, 6.07) is 2.53. The summed E-state index contributed by atoms with van der Waals surface area (Å²) in [5, 5.41) is 5.09. The van der Waals surface area contributed by atoms with Gasteiger partial charge in [0.1, 0.15) is 6.04 Å². The average molecular weight is 222 g/mol. The van der Waals surface area contributed by atoms with E-state index in [0.717, 1.165) is 0 Å². The highest BCUT2D eigenvalue weighted by molar-refractivity contribution is 5.95. The van der Waals surface area contributed by atoms with E-state index >= 15 is 0 Å². The van der Waals surface area contributed by atoms with E-state index in [9.17, 15) is 9.59 Å². The highest BCUT2D eigenvalue weighted by Crippen LogP contribution is 1.99. The molecule has 0 fully saturated rings. The zero-order chi connectivity index (χ0) is 12.0. The lowest BCUT2D eigenvalue weighted by Crippen LogP contribution is -2.44.